The lowest BCUT2D eigenvalue weighted by molar-refractivity contribution is -0.126. The van der Waals surface area contributed by atoms with Gasteiger partial charge in [-0.05, 0) is 37.1 Å². The summed E-state index contributed by atoms with van der Waals surface area (Å²) in [6, 6.07) is 11.2. The van der Waals surface area contributed by atoms with Gasteiger partial charge in [0.25, 0.3) is 0 Å². The first-order valence-electron chi connectivity index (χ1n) is 8.62. The summed E-state index contributed by atoms with van der Waals surface area (Å²) in [5, 5.41) is 7.84. The Morgan fingerprint density at radius 2 is 1.86 bits per heavy atom. The summed E-state index contributed by atoms with van der Waals surface area (Å²) in [5.74, 6) is -0.705. The van der Waals surface area contributed by atoms with Gasteiger partial charge >= 0.3 is 0 Å². The molecular weight excluding hydrogens is 422 g/mol. The van der Waals surface area contributed by atoms with Crippen molar-refractivity contribution in [2.24, 2.45) is 11.1 Å². The molecule has 1 saturated heterocycles. The topological polar surface area (TPSA) is 127 Å². The highest BCUT2D eigenvalue weighted by molar-refractivity contribution is 7.91. The zero-order valence-corrected chi connectivity index (χ0v) is 17.4. The largest absolute Gasteiger partial charge is 0.351 e. The van der Waals surface area contributed by atoms with Gasteiger partial charge in [-0.2, -0.15) is 4.31 Å². The van der Waals surface area contributed by atoms with E-state index in [0.29, 0.717) is 24.3 Å². The van der Waals surface area contributed by atoms with Crippen molar-refractivity contribution in [3.05, 3.63) is 47.3 Å². The Kier molecular flexibility index (Phi) is 6.20. The molecule has 28 heavy (non-hydrogen) atoms. The molecule has 3 rings (SSSR count). The second kappa shape index (κ2) is 8.29. The van der Waals surface area contributed by atoms with Crippen molar-refractivity contribution in [1.82, 2.24) is 9.62 Å². The summed E-state index contributed by atoms with van der Waals surface area (Å²) in [7, 11) is -7.39. The van der Waals surface area contributed by atoms with Crippen molar-refractivity contribution in [1.29, 1.82) is 0 Å². The van der Waals surface area contributed by atoms with E-state index in [0.717, 1.165) is 11.3 Å². The molecule has 152 valence electrons. The molecule has 1 aromatic heterocycles. The van der Waals surface area contributed by atoms with Crippen LogP contribution in [0.15, 0.2) is 51.6 Å². The lowest BCUT2D eigenvalue weighted by Gasteiger charge is -2.31. The summed E-state index contributed by atoms with van der Waals surface area (Å²) >= 11 is 0.997. The van der Waals surface area contributed by atoms with E-state index in [1.165, 1.54) is 10.4 Å². The van der Waals surface area contributed by atoms with Crippen LogP contribution in [0, 0.1) is 5.92 Å². The molecule has 0 saturated carbocycles. The Labute approximate surface area is 168 Å². The van der Waals surface area contributed by atoms with Gasteiger partial charge in [0, 0.05) is 18.0 Å². The molecule has 0 bridgehead atoms. The van der Waals surface area contributed by atoms with Crippen LogP contribution < -0.4 is 10.5 Å². The molecule has 1 fully saturated rings. The second-order valence-corrected chi connectivity index (χ2v) is 11.4. The molecule has 1 aliphatic rings. The number of hydrogen-bond donors (Lipinski definition) is 2. The molecule has 1 aromatic carbocycles. The van der Waals surface area contributed by atoms with Gasteiger partial charge in [0.1, 0.15) is 4.21 Å². The molecule has 1 atom stereocenters. The molecule has 1 amide bonds. The maximum absolute atomic E-state index is 12.8. The van der Waals surface area contributed by atoms with Crippen LogP contribution in [0.5, 0.6) is 0 Å². The molecular formula is C17H21N3O5S3. The van der Waals surface area contributed by atoms with E-state index in [1.54, 1.807) is 36.4 Å². The highest BCUT2D eigenvalue weighted by atomic mass is 32.2. The highest BCUT2D eigenvalue weighted by Crippen LogP contribution is 2.24. The fourth-order valence-electron chi connectivity index (χ4n) is 3.04. The fourth-order valence-corrected chi connectivity index (χ4v) is 6.30. The Balaban J connectivity index is 1.62. The molecule has 1 unspecified atom stereocenters. The molecule has 1 aliphatic heterocycles. The maximum Gasteiger partial charge on any atom is 0.247 e. The van der Waals surface area contributed by atoms with Gasteiger partial charge in [0.15, 0.2) is 0 Å². The van der Waals surface area contributed by atoms with Crippen LogP contribution >= 0.6 is 11.3 Å². The van der Waals surface area contributed by atoms with Gasteiger partial charge in [-0.3, -0.25) is 4.79 Å². The van der Waals surface area contributed by atoms with Gasteiger partial charge in [-0.25, -0.2) is 22.0 Å². The highest BCUT2D eigenvalue weighted by Gasteiger charge is 2.33. The van der Waals surface area contributed by atoms with Crippen molar-refractivity contribution in [2.45, 2.75) is 28.5 Å². The maximum atomic E-state index is 12.8. The van der Waals surface area contributed by atoms with E-state index >= 15 is 0 Å². The SMILES string of the molecule is NS(=O)(=O)c1ccc(CNC(=O)C2CCCN(S(=O)(=O)c3ccccc3)C2)s1. The number of primary sulfonamides is 1. The quantitative estimate of drug-likeness (QED) is 0.692. The Bertz CT molecular complexity index is 1050. The lowest BCUT2D eigenvalue weighted by Crippen LogP contribution is -2.45. The van der Waals surface area contributed by atoms with Gasteiger partial charge in [-0.15, -0.1) is 11.3 Å². The third-order valence-corrected chi connectivity index (χ3v) is 8.89. The predicted molar refractivity (Wildman–Crippen MR) is 105 cm³/mol. The van der Waals surface area contributed by atoms with E-state index in [2.05, 4.69) is 5.32 Å². The van der Waals surface area contributed by atoms with Crippen LogP contribution in [-0.2, 0) is 31.4 Å². The fraction of sp³-hybridized carbons (Fsp3) is 0.353. The van der Waals surface area contributed by atoms with Crippen LogP contribution in [-0.4, -0.2) is 40.1 Å². The smallest absolute Gasteiger partial charge is 0.247 e. The first kappa shape index (κ1) is 20.9. The van der Waals surface area contributed by atoms with Crippen LogP contribution in [0.1, 0.15) is 17.7 Å². The molecule has 3 N–H and O–H groups in total. The molecule has 2 aromatic rings. The summed E-state index contributed by atoms with van der Waals surface area (Å²) < 4.78 is 49.5. The van der Waals surface area contributed by atoms with Gasteiger partial charge in [0.2, 0.25) is 26.0 Å². The summed E-state index contributed by atoms with van der Waals surface area (Å²) in [4.78, 5) is 13.4. The minimum absolute atomic E-state index is 0.0366. The van der Waals surface area contributed by atoms with E-state index in [1.807, 2.05) is 0 Å². The first-order chi connectivity index (χ1) is 13.2. The normalized spacial score (nSPS) is 18.7. The number of rotatable bonds is 6. The van der Waals surface area contributed by atoms with E-state index in [-0.39, 0.29) is 28.1 Å². The van der Waals surface area contributed by atoms with Crippen molar-refractivity contribution >= 4 is 37.3 Å². The number of nitrogens with two attached hydrogens (primary N) is 1. The number of thiophene rings is 1. The number of piperidine rings is 1. The number of benzene rings is 1. The average molecular weight is 444 g/mol. The van der Waals surface area contributed by atoms with Crippen LogP contribution in [0.25, 0.3) is 0 Å². The molecule has 0 spiro atoms. The lowest BCUT2D eigenvalue weighted by atomic mass is 9.99. The van der Waals surface area contributed by atoms with Crippen LogP contribution in [0.3, 0.4) is 0 Å². The Morgan fingerprint density at radius 1 is 1.14 bits per heavy atom. The van der Waals surface area contributed by atoms with Crippen molar-refractivity contribution in [3.63, 3.8) is 0 Å². The number of amides is 1. The molecule has 11 heteroatoms. The average Bonchev–Trinajstić information content (AvgIpc) is 3.16. The Hall–Kier alpha value is -1.79. The number of nitrogens with zero attached hydrogens (tertiary/aromatic N) is 1. The van der Waals surface area contributed by atoms with E-state index in [9.17, 15) is 21.6 Å². The molecule has 0 radical (unpaired) electrons. The van der Waals surface area contributed by atoms with Crippen LogP contribution in [0.4, 0.5) is 0 Å². The number of nitrogens with one attached hydrogen (secondary N) is 1. The minimum Gasteiger partial charge on any atom is -0.351 e. The monoisotopic (exact) mass is 443 g/mol. The van der Waals surface area contributed by atoms with Crippen molar-refractivity contribution in [2.75, 3.05) is 13.1 Å². The number of sulfonamides is 2. The van der Waals surface area contributed by atoms with Crippen molar-refractivity contribution in [3.8, 4) is 0 Å². The van der Waals surface area contributed by atoms with Crippen LogP contribution in [0.2, 0.25) is 0 Å². The minimum atomic E-state index is -3.76. The first-order valence-corrected chi connectivity index (χ1v) is 12.4. The number of hydrogen-bond acceptors (Lipinski definition) is 6. The summed E-state index contributed by atoms with van der Waals surface area (Å²) in [5.41, 5.74) is 0. The number of carbonyl (C=O) groups excluding carboxylic acids is 1. The molecule has 0 aliphatic carbocycles. The standard InChI is InChI=1S/C17H21N3O5S3/c18-27(22,23)16-9-8-14(26-16)11-19-17(21)13-5-4-10-20(12-13)28(24,25)15-6-2-1-3-7-15/h1-3,6-9,13H,4-5,10-12H2,(H,19,21)(H2,18,22,23). The number of carbonyl (C=O) groups is 1. The summed E-state index contributed by atoms with van der Waals surface area (Å²) in [6.07, 6.45) is 1.19. The third kappa shape index (κ3) is 4.78. The van der Waals surface area contributed by atoms with Crippen molar-refractivity contribution < 1.29 is 21.6 Å². The second-order valence-electron chi connectivity index (χ2n) is 6.50. The Morgan fingerprint density at radius 3 is 2.50 bits per heavy atom. The molecule has 8 nitrogen and oxygen atoms in total. The third-order valence-electron chi connectivity index (χ3n) is 4.49. The predicted octanol–water partition coefficient (Wildman–Crippen LogP) is 1.11. The summed E-state index contributed by atoms with van der Waals surface area (Å²) in [6.45, 7) is 0.667. The van der Waals surface area contributed by atoms with Gasteiger partial charge < -0.3 is 5.32 Å². The van der Waals surface area contributed by atoms with E-state index < -0.39 is 26.0 Å². The molecule has 2 heterocycles. The van der Waals surface area contributed by atoms with Gasteiger partial charge in [-0.1, -0.05) is 18.2 Å². The zero-order chi connectivity index (χ0) is 20.4. The zero-order valence-electron chi connectivity index (χ0n) is 14.9. The van der Waals surface area contributed by atoms with Gasteiger partial charge in [0.05, 0.1) is 17.4 Å². The van der Waals surface area contributed by atoms with E-state index in [4.69, 9.17) is 5.14 Å².